The zero-order valence-electron chi connectivity index (χ0n) is 9.71. The van der Waals surface area contributed by atoms with E-state index in [1.54, 1.807) is 18.3 Å². The van der Waals surface area contributed by atoms with Crippen molar-refractivity contribution in [2.75, 3.05) is 6.54 Å². The molecule has 0 radical (unpaired) electrons. The minimum atomic E-state index is -0.223. The van der Waals surface area contributed by atoms with Crippen LogP contribution in [0.4, 0.5) is 4.39 Å². The molecule has 2 heterocycles. The van der Waals surface area contributed by atoms with Crippen LogP contribution in [-0.2, 0) is 0 Å². The van der Waals surface area contributed by atoms with Crippen molar-refractivity contribution in [2.45, 2.75) is 18.9 Å². The fraction of sp³-hybridized carbons (Fsp3) is 0.308. The van der Waals surface area contributed by atoms with Crippen LogP contribution in [0.5, 0.6) is 0 Å². The second kappa shape index (κ2) is 4.82. The highest BCUT2D eigenvalue weighted by atomic mass is 79.9. The highest BCUT2D eigenvalue weighted by molar-refractivity contribution is 9.10. The largest absolute Gasteiger partial charge is 0.309 e. The lowest BCUT2D eigenvalue weighted by Crippen LogP contribution is -2.14. The fourth-order valence-corrected chi connectivity index (χ4v) is 2.77. The Morgan fingerprint density at radius 3 is 3.00 bits per heavy atom. The Morgan fingerprint density at radius 2 is 2.22 bits per heavy atom. The molecule has 2 N–H and O–H groups in total. The number of halogens is 2. The minimum Gasteiger partial charge on any atom is -0.309 e. The van der Waals surface area contributed by atoms with Crippen molar-refractivity contribution >= 4 is 15.9 Å². The van der Waals surface area contributed by atoms with Crippen LogP contribution in [0, 0.1) is 5.82 Å². The molecule has 1 aliphatic rings. The Kier molecular flexibility index (Phi) is 3.18. The van der Waals surface area contributed by atoms with Gasteiger partial charge in [0.05, 0.1) is 11.9 Å². The number of hydrogen-bond acceptors (Lipinski definition) is 2. The Bertz CT molecular complexity index is 561. The Balaban J connectivity index is 2.06. The molecule has 1 atom stereocenters. The average molecular weight is 310 g/mol. The number of nitrogens with zero attached hydrogens (tertiary/aromatic N) is 1. The van der Waals surface area contributed by atoms with E-state index in [2.05, 4.69) is 31.4 Å². The number of aromatic nitrogens is 2. The minimum absolute atomic E-state index is 0.223. The van der Waals surface area contributed by atoms with Gasteiger partial charge in [0, 0.05) is 21.6 Å². The van der Waals surface area contributed by atoms with Crippen molar-refractivity contribution in [3.05, 3.63) is 40.4 Å². The molecule has 0 spiro atoms. The van der Waals surface area contributed by atoms with Gasteiger partial charge in [-0.3, -0.25) is 5.10 Å². The van der Waals surface area contributed by atoms with E-state index < -0.39 is 0 Å². The van der Waals surface area contributed by atoms with Crippen molar-refractivity contribution in [1.82, 2.24) is 15.5 Å². The van der Waals surface area contributed by atoms with Gasteiger partial charge in [0.1, 0.15) is 5.82 Å². The lowest BCUT2D eigenvalue weighted by Gasteiger charge is -2.11. The monoisotopic (exact) mass is 309 g/mol. The lowest BCUT2D eigenvalue weighted by molar-refractivity contribution is 0.619. The van der Waals surface area contributed by atoms with Gasteiger partial charge in [0.25, 0.3) is 0 Å². The first-order valence-corrected chi connectivity index (χ1v) is 6.77. The van der Waals surface area contributed by atoms with Gasteiger partial charge in [-0.2, -0.15) is 5.10 Å². The first kappa shape index (κ1) is 11.9. The summed E-state index contributed by atoms with van der Waals surface area (Å²) >= 11 is 3.38. The third-order valence-electron chi connectivity index (χ3n) is 3.30. The molecule has 2 aromatic rings. The zero-order valence-corrected chi connectivity index (χ0v) is 11.3. The maximum absolute atomic E-state index is 13.9. The molecule has 0 saturated carbocycles. The summed E-state index contributed by atoms with van der Waals surface area (Å²) in [6.07, 6.45) is 3.90. The second-order valence-electron chi connectivity index (χ2n) is 4.47. The molecule has 18 heavy (non-hydrogen) atoms. The fourth-order valence-electron chi connectivity index (χ4n) is 2.41. The van der Waals surface area contributed by atoms with Crippen LogP contribution >= 0.6 is 15.9 Å². The molecule has 1 aromatic carbocycles. The van der Waals surface area contributed by atoms with Crippen LogP contribution in [0.2, 0.25) is 0 Å². The van der Waals surface area contributed by atoms with Crippen molar-refractivity contribution in [2.24, 2.45) is 0 Å². The predicted molar refractivity (Wildman–Crippen MR) is 71.7 cm³/mol. The summed E-state index contributed by atoms with van der Waals surface area (Å²) in [6.45, 7) is 1.00. The van der Waals surface area contributed by atoms with Gasteiger partial charge in [-0.05, 0) is 37.6 Å². The molecule has 94 valence electrons. The molecule has 0 bridgehead atoms. The topological polar surface area (TPSA) is 40.7 Å². The lowest BCUT2D eigenvalue weighted by atomic mass is 10.0. The highest BCUT2D eigenvalue weighted by Gasteiger charge is 2.22. The number of rotatable bonds is 2. The number of H-pyrrole nitrogens is 1. The Morgan fingerprint density at radius 1 is 1.33 bits per heavy atom. The molecule has 1 aliphatic heterocycles. The molecule has 1 fully saturated rings. The van der Waals surface area contributed by atoms with Crippen molar-refractivity contribution in [3.63, 3.8) is 0 Å². The smallest absolute Gasteiger partial charge is 0.131 e. The average Bonchev–Trinajstić information content (AvgIpc) is 3.00. The van der Waals surface area contributed by atoms with Crippen LogP contribution in [0.15, 0.2) is 28.9 Å². The van der Waals surface area contributed by atoms with Gasteiger partial charge in [-0.1, -0.05) is 15.9 Å². The normalized spacial score (nSPS) is 19.3. The third-order valence-corrected chi connectivity index (χ3v) is 3.79. The highest BCUT2D eigenvalue weighted by Crippen LogP contribution is 2.33. The van der Waals surface area contributed by atoms with Gasteiger partial charge >= 0.3 is 0 Å². The first-order valence-electron chi connectivity index (χ1n) is 5.98. The van der Waals surface area contributed by atoms with E-state index in [0.29, 0.717) is 5.56 Å². The first-order chi connectivity index (χ1) is 8.75. The van der Waals surface area contributed by atoms with E-state index in [1.165, 1.54) is 6.07 Å². The van der Waals surface area contributed by atoms with Crippen LogP contribution in [0.3, 0.4) is 0 Å². The molecule has 5 heteroatoms. The Labute approximate surface area is 113 Å². The summed E-state index contributed by atoms with van der Waals surface area (Å²) in [6, 6.07) is 5.21. The van der Waals surface area contributed by atoms with E-state index in [-0.39, 0.29) is 11.9 Å². The van der Waals surface area contributed by atoms with Gasteiger partial charge in [-0.25, -0.2) is 4.39 Å². The maximum atomic E-state index is 13.9. The third kappa shape index (κ3) is 2.08. The quantitative estimate of drug-likeness (QED) is 0.892. The van der Waals surface area contributed by atoms with E-state index in [9.17, 15) is 4.39 Å². The van der Waals surface area contributed by atoms with Crippen molar-refractivity contribution < 1.29 is 4.39 Å². The summed E-state index contributed by atoms with van der Waals surface area (Å²) in [5, 5.41) is 10.5. The number of hydrogen-bond donors (Lipinski definition) is 2. The number of aromatic amines is 1. The van der Waals surface area contributed by atoms with E-state index in [1.807, 2.05) is 0 Å². The zero-order chi connectivity index (χ0) is 12.5. The summed E-state index contributed by atoms with van der Waals surface area (Å²) in [5.74, 6) is -0.223. The van der Waals surface area contributed by atoms with Crippen LogP contribution in [-0.4, -0.2) is 16.7 Å². The molecular formula is C13H13BrFN3. The molecule has 1 aromatic heterocycles. The molecular weight excluding hydrogens is 297 g/mol. The Hall–Kier alpha value is -1.20. The summed E-state index contributed by atoms with van der Waals surface area (Å²) < 4.78 is 14.8. The van der Waals surface area contributed by atoms with E-state index in [4.69, 9.17) is 0 Å². The molecule has 3 rings (SSSR count). The van der Waals surface area contributed by atoms with Crippen LogP contribution in [0.1, 0.15) is 24.6 Å². The predicted octanol–water partition coefficient (Wildman–Crippen LogP) is 3.40. The van der Waals surface area contributed by atoms with Gasteiger partial charge in [0.15, 0.2) is 0 Å². The summed E-state index contributed by atoms with van der Waals surface area (Å²) in [5.41, 5.74) is 2.40. The van der Waals surface area contributed by atoms with E-state index >= 15 is 0 Å². The van der Waals surface area contributed by atoms with Crippen molar-refractivity contribution in [1.29, 1.82) is 0 Å². The summed E-state index contributed by atoms with van der Waals surface area (Å²) in [7, 11) is 0. The number of nitrogens with one attached hydrogen (secondary N) is 2. The molecule has 1 unspecified atom stereocenters. The molecule has 0 amide bonds. The van der Waals surface area contributed by atoms with Crippen LogP contribution < -0.4 is 5.32 Å². The van der Waals surface area contributed by atoms with E-state index in [0.717, 1.165) is 35.1 Å². The SMILES string of the molecule is Fc1ccc(Br)cc1-c1cn[nH]c1C1CCCN1. The van der Waals surface area contributed by atoms with Crippen LogP contribution in [0.25, 0.3) is 11.1 Å². The molecule has 0 aliphatic carbocycles. The standard InChI is InChI=1S/C13H13BrFN3/c14-8-3-4-11(15)9(6-8)10-7-17-18-13(10)12-2-1-5-16-12/h3-4,6-7,12,16H,1-2,5H2,(H,17,18). The molecule has 1 saturated heterocycles. The molecule has 3 nitrogen and oxygen atoms in total. The second-order valence-corrected chi connectivity index (χ2v) is 5.39. The van der Waals surface area contributed by atoms with Gasteiger partial charge in [0.2, 0.25) is 0 Å². The van der Waals surface area contributed by atoms with Gasteiger partial charge in [-0.15, -0.1) is 0 Å². The van der Waals surface area contributed by atoms with Gasteiger partial charge < -0.3 is 5.32 Å². The maximum Gasteiger partial charge on any atom is 0.131 e. The summed E-state index contributed by atoms with van der Waals surface area (Å²) in [4.78, 5) is 0. The number of benzene rings is 1. The van der Waals surface area contributed by atoms with Crippen molar-refractivity contribution in [3.8, 4) is 11.1 Å².